The molecule has 3 heteroatoms. The van der Waals surface area contributed by atoms with Crippen LogP contribution in [0.25, 0.3) is 17.2 Å². The van der Waals surface area contributed by atoms with Gasteiger partial charge in [-0.15, -0.1) is 0 Å². The van der Waals surface area contributed by atoms with Crippen molar-refractivity contribution in [3.8, 4) is 11.1 Å². The molecule has 0 N–H and O–H groups in total. The van der Waals surface area contributed by atoms with E-state index in [4.69, 9.17) is 17.0 Å². The van der Waals surface area contributed by atoms with E-state index in [0.29, 0.717) is 0 Å². The normalized spacial score (nSPS) is 31.0. The van der Waals surface area contributed by atoms with Crippen LogP contribution in [0, 0.1) is 56.3 Å². The topological polar surface area (TPSA) is 0 Å². The molecule has 0 bridgehead atoms. The zero-order chi connectivity index (χ0) is 29.1. The third-order valence-corrected chi connectivity index (χ3v) is 12.2. The molecule has 44 heavy (non-hydrogen) atoms. The van der Waals surface area contributed by atoms with Crippen molar-refractivity contribution in [1.29, 1.82) is 0 Å². The van der Waals surface area contributed by atoms with E-state index >= 15 is 0 Å². The molecule has 0 nitrogen and oxygen atoms in total. The molecule has 0 aliphatic heterocycles. The molecule has 0 spiro atoms. The Balaban J connectivity index is 0.000000156. The average Bonchev–Trinajstić information content (AvgIpc) is 3.81. The minimum atomic E-state index is -0.826. The molecule has 240 valence electrons. The molecule has 5 saturated carbocycles. The van der Waals surface area contributed by atoms with Gasteiger partial charge in [0.2, 0.25) is 0 Å². The van der Waals surface area contributed by atoms with Crippen molar-refractivity contribution in [3.63, 3.8) is 0 Å². The summed E-state index contributed by atoms with van der Waals surface area (Å²) in [7, 11) is 9.87. The molecular formula is C41H58Cl2Zr. The third-order valence-electron chi connectivity index (χ3n) is 12.2. The van der Waals surface area contributed by atoms with E-state index in [2.05, 4.69) is 56.3 Å². The first-order valence-corrected chi connectivity index (χ1v) is 23.7. The van der Waals surface area contributed by atoms with Crippen molar-refractivity contribution in [2.75, 3.05) is 0 Å². The Bertz CT molecular complexity index is 1220. The molecule has 7 aliphatic carbocycles. The second kappa shape index (κ2) is 17.2. The van der Waals surface area contributed by atoms with Crippen molar-refractivity contribution in [2.45, 2.75) is 117 Å². The van der Waals surface area contributed by atoms with Crippen molar-refractivity contribution < 1.29 is 20.8 Å². The zero-order valence-corrected chi connectivity index (χ0v) is 32.1. The number of halogens is 2. The first kappa shape index (κ1) is 36.5. The molecule has 0 amide bonds. The molecule has 7 aliphatic rings. The van der Waals surface area contributed by atoms with E-state index in [0.717, 1.165) is 42.4 Å². The maximum absolute atomic E-state index is 4.93. The second-order valence-corrected chi connectivity index (χ2v) is 18.7. The Morgan fingerprint density at radius 3 is 1.98 bits per heavy atom. The van der Waals surface area contributed by atoms with Crippen LogP contribution in [0.4, 0.5) is 0 Å². The fourth-order valence-electron chi connectivity index (χ4n) is 10.5. The fourth-order valence-corrected chi connectivity index (χ4v) is 10.5. The van der Waals surface area contributed by atoms with Crippen molar-refractivity contribution in [3.05, 3.63) is 79.1 Å². The van der Waals surface area contributed by atoms with Crippen molar-refractivity contribution >= 4 is 23.1 Å². The number of hydrogen-bond donors (Lipinski definition) is 0. The van der Waals surface area contributed by atoms with E-state index in [1.54, 1.807) is 57.8 Å². The van der Waals surface area contributed by atoms with Gasteiger partial charge in [0.15, 0.2) is 0 Å². The van der Waals surface area contributed by atoms with Crippen LogP contribution < -0.4 is 0 Å². The predicted octanol–water partition coefficient (Wildman–Crippen LogP) is 13.3. The number of allylic oxidation sites excluding steroid dienone is 1. The molecule has 5 fully saturated rings. The van der Waals surface area contributed by atoms with Gasteiger partial charge in [-0.3, -0.25) is 0 Å². The van der Waals surface area contributed by atoms with Crippen LogP contribution in [-0.2, 0) is 33.7 Å². The molecule has 0 aromatic heterocycles. The fraction of sp³-hybridized carbons (Fsp3) is 0.610. The molecular weight excluding hydrogens is 655 g/mol. The summed E-state index contributed by atoms with van der Waals surface area (Å²) in [5.41, 5.74) is 10.3. The summed E-state index contributed by atoms with van der Waals surface area (Å²) in [6, 6.07) is 13.6. The molecule has 2 aromatic carbocycles. The standard InChI is InChI=1S/C17H28.C17H14.C5H10.2CH3.2ClH.Zr/c2*1-11-6-13-9-15-8-12-4-2-3-5-16(12)17(15)10-14(13)7-11;1-2-4-5-3-1;;;;;/h11-17H,2-10H2,1H3;2-6,9-10H,7-8H2,1H3;1-5H2;2*1H3;2*1H;/q;;;2*-1;;;+4/p-2. The first-order chi connectivity index (χ1) is 20.5. The van der Waals surface area contributed by atoms with E-state index in [-0.39, 0.29) is 14.9 Å². The molecule has 2 aromatic rings. The summed E-state index contributed by atoms with van der Waals surface area (Å²) in [4.78, 5) is 0. The van der Waals surface area contributed by atoms with Crippen LogP contribution in [-0.4, -0.2) is 0 Å². The molecule has 0 heterocycles. The summed E-state index contributed by atoms with van der Waals surface area (Å²) < 4.78 is 0. The molecule has 7 unspecified atom stereocenters. The first-order valence-electron chi connectivity index (χ1n) is 17.4. The molecule has 0 radical (unpaired) electrons. The van der Waals surface area contributed by atoms with Gasteiger partial charge in [0, 0.05) is 0 Å². The number of rotatable bonds is 0. The molecule has 0 saturated heterocycles. The van der Waals surface area contributed by atoms with E-state index < -0.39 is 20.8 Å². The Morgan fingerprint density at radius 2 is 1.25 bits per heavy atom. The summed E-state index contributed by atoms with van der Waals surface area (Å²) in [6.45, 7) is 4.72. The predicted molar refractivity (Wildman–Crippen MR) is 191 cm³/mol. The summed E-state index contributed by atoms with van der Waals surface area (Å²) in [5, 5.41) is 0. The van der Waals surface area contributed by atoms with Gasteiger partial charge >= 0.3 is 37.9 Å². The van der Waals surface area contributed by atoms with Crippen LogP contribution in [0.15, 0.2) is 42.0 Å². The summed E-state index contributed by atoms with van der Waals surface area (Å²) >= 11 is -0.826. The summed E-state index contributed by atoms with van der Waals surface area (Å²) in [5.74, 6) is 8.01. The Kier molecular flexibility index (Phi) is 14.2. The number of hydrogen-bond acceptors (Lipinski definition) is 0. The summed E-state index contributed by atoms with van der Waals surface area (Å²) in [6.07, 6.45) is 26.4. The third kappa shape index (κ3) is 8.37. The van der Waals surface area contributed by atoms with Gasteiger partial charge in [0.1, 0.15) is 0 Å². The number of fused-ring (bicyclic) bond motifs is 8. The van der Waals surface area contributed by atoms with Gasteiger partial charge in [-0.25, -0.2) is 0 Å². The van der Waals surface area contributed by atoms with Crippen molar-refractivity contribution in [2.24, 2.45) is 41.4 Å². The molecule has 7 atom stereocenters. The van der Waals surface area contributed by atoms with Gasteiger partial charge in [-0.2, -0.15) is 0 Å². The van der Waals surface area contributed by atoms with Gasteiger partial charge in [0.05, 0.1) is 0 Å². The Labute approximate surface area is 290 Å². The van der Waals surface area contributed by atoms with E-state index in [1.165, 1.54) is 82.9 Å². The average molecular weight is 713 g/mol. The van der Waals surface area contributed by atoms with E-state index in [9.17, 15) is 0 Å². The maximum atomic E-state index is 4.93. The Morgan fingerprint density at radius 1 is 0.614 bits per heavy atom. The SMILES string of the molecule is C1CCCC1.CC1=Cc2cc3c(cc2C1)-c1ccccc1C3.CC1CC2CC3CC4CCCCC4C3CC2C1.[CH3-].[CH3-].[Cl][Zr+2][Cl]. The van der Waals surface area contributed by atoms with Crippen LogP contribution in [0.2, 0.25) is 0 Å². The van der Waals surface area contributed by atoms with Gasteiger partial charge in [0.25, 0.3) is 0 Å². The van der Waals surface area contributed by atoms with Crippen molar-refractivity contribution in [1.82, 2.24) is 0 Å². The monoisotopic (exact) mass is 710 g/mol. The number of benzene rings is 2. The minimum absolute atomic E-state index is 0. The van der Waals surface area contributed by atoms with Gasteiger partial charge < -0.3 is 14.9 Å². The second-order valence-electron chi connectivity index (χ2n) is 15.0. The zero-order valence-electron chi connectivity index (χ0n) is 28.2. The van der Waals surface area contributed by atoms with Crippen LogP contribution in [0.5, 0.6) is 0 Å². The van der Waals surface area contributed by atoms with E-state index in [1.807, 2.05) is 0 Å². The van der Waals surface area contributed by atoms with Gasteiger partial charge in [-0.05, 0) is 139 Å². The van der Waals surface area contributed by atoms with Crippen LogP contribution in [0.1, 0.15) is 126 Å². The Hall–Kier alpha value is -0.357. The van der Waals surface area contributed by atoms with Crippen LogP contribution in [0.3, 0.4) is 0 Å². The quantitative estimate of drug-likeness (QED) is 0.204. The van der Waals surface area contributed by atoms with Gasteiger partial charge in [-0.1, -0.05) is 100 Å². The van der Waals surface area contributed by atoms with Crippen LogP contribution >= 0.6 is 17.0 Å². The molecule has 9 rings (SSSR count).